The average Bonchev–Trinajstić information content (AvgIpc) is 2.49. The van der Waals surface area contributed by atoms with Crippen molar-refractivity contribution in [1.29, 1.82) is 0 Å². The van der Waals surface area contributed by atoms with Gasteiger partial charge in [-0.25, -0.2) is 0 Å². The summed E-state index contributed by atoms with van der Waals surface area (Å²) in [5, 5.41) is 0. The van der Waals surface area contributed by atoms with Crippen molar-refractivity contribution >= 4 is 0 Å². The molecule has 1 aliphatic heterocycles. The third-order valence-electron chi connectivity index (χ3n) is 4.25. The summed E-state index contributed by atoms with van der Waals surface area (Å²) in [7, 11) is 0. The number of hydrogen-bond acceptors (Lipinski definition) is 2. The fraction of sp³-hybridized carbons (Fsp3) is 1.00. The molecule has 2 nitrogen and oxygen atoms in total. The molecule has 0 aromatic carbocycles. The van der Waals surface area contributed by atoms with Crippen molar-refractivity contribution in [3.63, 3.8) is 0 Å². The van der Waals surface area contributed by atoms with Crippen molar-refractivity contribution in [2.24, 2.45) is 5.92 Å². The molecule has 3 unspecified atom stereocenters. The molecule has 1 rings (SSSR count). The molecule has 1 saturated heterocycles. The molecule has 0 aliphatic carbocycles. The van der Waals surface area contributed by atoms with Gasteiger partial charge in [-0.2, -0.15) is 0 Å². The third kappa shape index (κ3) is 7.31. The normalized spacial score (nSPS) is 23.5. The second-order valence-electron chi connectivity index (χ2n) is 5.10. The van der Waals surface area contributed by atoms with Gasteiger partial charge >= 0.3 is 0 Å². The Morgan fingerprint density at radius 3 is 1.89 bits per heavy atom. The smallest absolute Gasteiger partial charge is 0.0195 e. The van der Waals surface area contributed by atoms with Gasteiger partial charge in [-0.15, -0.1) is 0 Å². The molecule has 0 spiro atoms. The lowest BCUT2D eigenvalue weighted by Crippen LogP contribution is -2.55. The molecule has 118 valence electrons. The Hall–Kier alpha value is -0.0800. The van der Waals surface area contributed by atoms with Crippen LogP contribution in [0, 0.1) is 5.92 Å². The Kier molecular flexibility index (Phi) is 14.4. The van der Waals surface area contributed by atoms with Crippen molar-refractivity contribution in [1.82, 2.24) is 9.80 Å². The zero-order chi connectivity index (χ0) is 15.4. The van der Waals surface area contributed by atoms with Crippen molar-refractivity contribution in [3.8, 4) is 0 Å². The maximum atomic E-state index is 2.67. The zero-order valence-electron chi connectivity index (χ0n) is 15.2. The predicted octanol–water partition coefficient (Wildman–Crippen LogP) is 4.50. The van der Waals surface area contributed by atoms with Gasteiger partial charge in [-0.1, -0.05) is 54.9 Å². The zero-order valence-corrected chi connectivity index (χ0v) is 15.2. The van der Waals surface area contributed by atoms with Crippen LogP contribution in [0.25, 0.3) is 0 Å². The minimum Gasteiger partial charge on any atom is -0.298 e. The molecule has 19 heavy (non-hydrogen) atoms. The van der Waals surface area contributed by atoms with E-state index in [1.807, 2.05) is 27.7 Å². The van der Waals surface area contributed by atoms with E-state index in [0.29, 0.717) is 0 Å². The summed E-state index contributed by atoms with van der Waals surface area (Å²) >= 11 is 0. The van der Waals surface area contributed by atoms with Crippen LogP contribution in [0.5, 0.6) is 0 Å². The van der Waals surface area contributed by atoms with Crippen LogP contribution < -0.4 is 0 Å². The van der Waals surface area contributed by atoms with Gasteiger partial charge in [0.25, 0.3) is 0 Å². The molecule has 0 radical (unpaired) electrons. The van der Waals surface area contributed by atoms with Gasteiger partial charge in [-0.3, -0.25) is 9.80 Å². The Morgan fingerprint density at radius 1 is 1.00 bits per heavy atom. The Balaban J connectivity index is 0. The molecular formula is C17H40N2. The first-order chi connectivity index (χ1) is 9.10. The summed E-state index contributed by atoms with van der Waals surface area (Å²) in [6.45, 7) is 24.6. The summed E-state index contributed by atoms with van der Waals surface area (Å²) in [6, 6.07) is 1.48. The van der Waals surface area contributed by atoms with E-state index in [2.05, 4.69) is 44.4 Å². The van der Waals surface area contributed by atoms with E-state index in [1.54, 1.807) is 0 Å². The molecule has 3 atom stereocenters. The first-order valence-corrected chi connectivity index (χ1v) is 8.58. The molecule has 0 bridgehead atoms. The Labute approximate surface area is 123 Å². The minimum atomic E-state index is 0.732. The lowest BCUT2D eigenvalue weighted by molar-refractivity contribution is 0.0469. The van der Waals surface area contributed by atoms with Crippen LogP contribution >= 0.6 is 0 Å². The number of rotatable bonds is 4. The van der Waals surface area contributed by atoms with Gasteiger partial charge in [0.1, 0.15) is 0 Å². The molecular weight excluding hydrogens is 232 g/mol. The van der Waals surface area contributed by atoms with Gasteiger partial charge in [0.15, 0.2) is 0 Å². The number of piperazine rings is 1. The molecule has 1 fully saturated rings. The van der Waals surface area contributed by atoms with Gasteiger partial charge in [0.05, 0.1) is 0 Å². The molecule has 0 N–H and O–H groups in total. The summed E-state index contributed by atoms with van der Waals surface area (Å²) in [4.78, 5) is 5.25. The maximum absolute atomic E-state index is 2.67. The fourth-order valence-electron chi connectivity index (χ4n) is 2.56. The van der Waals surface area contributed by atoms with Crippen LogP contribution in [-0.4, -0.2) is 48.1 Å². The third-order valence-corrected chi connectivity index (χ3v) is 4.25. The quantitative estimate of drug-likeness (QED) is 0.743. The first-order valence-electron chi connectivity index (χ1n) is 8.58. The van der Waals surface area contributed by atoms with Gasteiger partial charge in [0.2, 0.25) is 0 Å². The number of likely N-dealkylation sites (N-methyl/N-ethyl adjacent to an activating group) is 1. The van der Waals surface area contributed by atoms with Crippen molar-refractivity contribution in [2.75, 3.05) is 26.2 Å². The highest BCUT2D eigenvalue weighted by atomic mass is 15.3. The van der Waals surface area contributed by atoms with E-state index in [9.17, 15) is 0 Å². The van der Waals surface area contributed by atoms with E-state index < -0.39 is 0 Å². The second kappa shape index (κ2) is 12.9. The second-order valence-corrected chi connectivity index (χ2v) is 5.10. The molecule has 1 aliphatic rings. The van der Waals surface area contributed by atoms with E-state index >= 15 is 0 Å². The summed E-state index contributed by atoms with van der Waals surface area (Å²) in [5.41, 5.74) is 0. The topological polar surface area (TPSA) is 6.48 Å². The standard InChI is InChI=1S/C13H28N2.2C2H6/c1-6-11(3)13(5)15-9-8-14(7-2)12(4)10-15;2*1-2/h11-13H,6-10H2,1-5H3;2*1-2H3. The molecule has 0 saturated carbocycles. The fourth-order valence-corrected chi connectivity index (χ4v) is 2.56. The van der Waals surface area contributed by atoms with E-state index in [4.69, 9.17) is 0 Å². The van der Waals surface area contributed by atoms with E-state index in [-0.39, 0.29) is 0 Å². The van der Waals surface area contributed by atoms with E-state index in [1.165, 1.54) is 32.6 Å². The highest BCUT2D eigenvalue weighted by Gasteiger charge is 2.27. The van der Waals surface area contributed by atoms with Crippen LogP contribution in [0.3, 0.4) is 0 Å². The summed E-state index contributed by atoms with van der Waals surface area (Å²) in [5.74, 6) is 0.824. The van der Waals surface area contributed by atoms with Gasteiger partial charge in [-0.05, 0) is 26.3 Å². The average molecular weight is 273 g/mol. The predicted molar refractivity (Wildman–Crippen MR) is 89.9 cm³/mol. The lowest BCUT2D eigenvalue weighted by atomic mass is 9.98. The number of nitrogens with zero attached hydrogens (tertiary/aromatic N) is 2. The van der Waals surface area contributed by atoms with Crippen LogP contribution in [-0.2, 0) is 0 Å². The minimum absolute atomic E-state index is 0.732. The van der Waals surface area contributed by atoms with E-state index in [0.717, 1.165) is 18.0 Å². The molecule has 0 aromatic heterocycles. The monoisotopic (exact) mass is 272 g/mol. The van der Waals surface area contributed by atoms with Crippen LogP contribution in [0.15, 0.2) is 0 Å². The lowest BCUT2D eigenvalue weighted by Gasteiger charge is -2.43. The van der Waals surface area contributed by atoms with Gasteiger partial charge < -0.3 is 0 Å². The largest absolute Gasteiger partial charge is 0.298 e. The van der Waals surface area contributed by atoms with Crippen LogP contribution in [0.4, 0.5) is 0 Å². The molecule has 1 heterocycles. The van der Waals surface area contributed by atoms with Crippen LogP contribution in [0.2, 0.25) is 0 Å². The SMILES string of the molecule is CC.CC.CCC(C)C(C)N1CCN(CC)C(C)C1. The molecule has 0 aromatic rings. The summed E-state index contributed by atoms with van der Waals surface area (Å²) < 4.78 is 0. The molecule has 0 amide bonds. The first kappa shape index (κ1) is 21.2. The number of hydrogen-bond donors (Lipinski definition) is 0. The van der Waals surface area contributed by atoms with Crippen LogP contribution in [0.1, 0.15) is 68.7 Å². The van der Waals surface area contributed by atoms with Crippen molar-refractivity contribution in [2.45, 2.75) is 80.8 Å². The van der Waals surface area contributed by atoms with Gasteiger partial charge in [0, 0.05) is 31.7 Å². The van der Waals surface area contributed by atoms with Crippen molar-refractivity contribution in [3.05, 3.63) is 0 Å². The molecule has 2 heteroatoms. The Morgan fingerprint density at radius 2 is 1.53 bits per heavy atom. The highest BCUT2D eigenvalue weighted by molar-refractivity contribution is 4.82. The van der Waals surface area contributed by atoms with Crippen molar-refractivity contribution < 1.29 is 0 Å². The maximum Gasteiger partial charge on any atom is 0.0195 e. The Bertz CT molecular complexity index is 182. The summed E-state index contributed by atoms with van der Waals surface area (Å²) in [6.07, 6.45) is 1.30. The highest BCUT2D eigenvalue weighted by Crippen LogP contribution is 2.18.